The summed E-state index contributed by atoms with van der Waals surface area (Å²) in [4.78, 5) is 28.6. The van der Waals surface area contributed by atoms with Gasteiger partial charge in [0, 0.05) is 24.9 Å². The normalized spacial score (nSPS) is 11.9. The molecule has 7 nitrogen and oxygen atoms in total. The molecule has 1 atom stereocenters. The van der Waals surface area contributed by atoms with E-state index in [0.29, 0.717) is 5.82 Å². The monoisotopic (exact) mass is 324 g/mol. The van der Waals surface area contributed by atoms with Crippen molar-refractivity contribution in [1.29, 1.82) is 0 Å². The molecule has 3 heterocycles. The SMILES string of the molecule is C[C@@H](CC(=O)c1ccco1)NC(=O)c1cccc(-n2cccn2)n1. The molecule has 1 N–H and O–H groups in total. The van der Waals surface area contributed by atoms with E-state index < -0.39 is 0 Å². The maximum Gasteiger partial charge on any atom is 0.270 e. The number of nitrogens with one attached hydrogen (secondary N) is 1. The van der Waals surface area contributed by atoms with Gasteiger partial charge in [-0.25, -0.2) is 9.67 Å². The molecule has 3 aromatic rings. The molecule has 0 saturated heterocycles. The second-order valence-corrected chi connectivity index (χ2v) is 5.31. The lowest BCUT2D eigenvalue weighted by Crippen LogP contribution is -2.34. The second-order valence-electron chi connectivity index (χ2n) is 5.31. The molecule has 0 bridgehead atoms. The number of Topliss-reactive ketones (excluding diaryl/α,β-unsaturated/α-hetero) is 1. The zero-order valence-corrected chi connectivity index (χ0v) is 13.0. The number of carbonyl (C=O) groups excluding carboxylic acids is 2. The number of rotatable bonds is 6. The van der Waals surface area contributed by atoms with E-state index in [0.717, 1.165) is 0 Å². The van der Waals surface area contributed by atoms with Crippen molar-refractivity contribution in [2.24, 2.45) is 0 Å². The van der Waals surface area contributed by atoms with Crippen LogP contribution >= 0.6 is 0 Å². The number of pyridine rings is 1. The number of nitrogens with zero attached hydrogens (tertiary/aromatic N) is 3. The van der Waals surface area contributed by atoms with Crippen LogP contribution in [0.3, 0.4) is 0 Å². The first-order valence-electron chi connectivity index (χ1n) is 7.48. The van der Waals surface area contributed by atoms with Crippen molar-refractivity contribution in [2.45, 2.75) is 19.4 Å². The fourth-order valence-electron chi connectivity index (χ4n) is 2.25. The summed E-state index contributed by atoms with van der Waals surface area (Å²) in [6.45, 7) is 1.76. The van der Waals surface area contributed by atoms with E-state index >= 15 is 0 Å². The summed E-state index contributed by atoms with van der Waals surface area (Å²) in [5.74, 6) is 0.330. The molecule has 0 fully saturated rings. The van der Waals surface area contributed by atoms with E-state index in [9.17, 15) is 9.59 Å². The quantitative estimate of drug-likeness (QED) is 0.702. The van der Waals surface area contributed by atoms with E-state index in [1.54, 1.807) is 60.4 Å². The number of hydrogen-bond acceptors (Lipinski definition) is 5. The van der Waals surface area contributed by atoms with Gasteiger partial charge in [-0.15, -0.1) is 0 Å². The summed E-state index contributed by atoms with van der Waals surface area (Å²) >= 11 is 0. The number of carbonyl (C=O) groups is 2. The van der Waals surface area contributed by atoms with Crippen LogP contribution in [0.1, 0.15) is 34.4 Å². The highest BCUT2D eigenvalue weighted by molar-refractivity contribution is 5.95. The lowest BCUT2D eigenvalue weighted by molar-refractivity contribution is 0.0904. The van der Waals surface area contributed by atoms with Gasteiger partial charge < -0.3 is 9.73 Å². The van der Waals surface area contributed by atoms with Crippen molar-refractivity contribution in [2.75, 3.05) is 0 Å². The third kappa shape index (κ3) is 3.57. The minimum absolute atomic E-state index is 0.151. The van der Waals surface area contributed by atoms with E-state index in [-0.39, 0.29) is 35.6 Å². The summed E-state index contributed by atoms with van der Waals surface area (Å²) < 4.78 is 6.63. The minimum Gasteiger partial charge on any atom is -0.461 e. The summed E-state index contributed by atoms with van der Waals surface area (Å²) in [7, 11) is 0. The molecule has 0 radical (unpaired) electrons. The highest BCUT2D eigenvalue weighted by Crippen LogP contribution is 2.08. The zero-order valence-electron chi connectivity index (χ0n) is 13.0. The Morgan fingerprint density at radius 3 is 2.83 bits per heavy atom. The van der Waals surface area contributed by atoms with Crippen molar-refractivity contribution in [3.05, 3.63) is 66.5 Å². The maximum atomic E-state index is 12.3. The van der Waals surface area contributed by atoms with Gasteiger partial charge in [0.2, 0.25) is 0 Å². The first-order valence-corrected chi connectivity index (χ1v) is 7.48. The number of amides is 1. The van der Waals surface area contributed by atoms with Crippen LogP contribution in [0.25, 0.3) is 5.82 Å². The summed E-state index contributed by atoms with van der Waals surface area (Å²) in [5.41, 5.74) is 0.264. The molecule has 3 rings (SSSR count). The van der Waals surface area contributed by atoms with E-state index in [4.69, 9.17) is 4.42 Å². The van der Waals surface area contributed by atoms with Gasteiger partial charge in [0.25, 0.3) is 5.91 Å². The van der Waals surface area contributed by atoms with E-state index in [1.807, 2.05) is 0 Å². The predicted octanol–water partition coefficient (Wildman–Crippen LogP) is 2.25. The summed E-state index contributed by atoms with van der Waals surface area (Å²) in [6.07, 6.45) is 4.98. The van der Waals surface area contributed by atoms with Gasteiger partial charge in [0.1, 0.15) is 5.69 Å². The van der Waals surface area contributed by atoms with Gasteiger partial charge in [-0.3, -0.25) is 9.59 Å². The van der Waals surface area contributed by atoms with Gasteiger partial charge in [0.05, 0.1) is 6.26 Å². The Morgan fingerprint density at radius 1 is 1.25 bits per heavy atom. The highest BCUT2D eigenvalue weighted by Gasteiger charge is 2.17. The fraction of sp³-hybridized carbons (Fsp3) is 0.176. The molecule has 0 spiro atoms. The van der Waals surface area contributed by atoms with Crippen LogP contribution in [0.15, 0.2) is 59.5 Å². The maximum absolute atomic E-state index is 12.3. The molecular formula is C17H16N4O3. The number of hydrogen-bond donors (Lipinski definition) is 1. The first-order chi connectivity index (χ1) is 11.6. The standard InChI is InChI=1S/C17H16N4O3/c1-12(11-14(22)15-6-3-10-24-15)19-17(23)13-5-2-7-16(20-13)21-9-4-8-18-21/h2-10,12H,11H2,1H3,(H,19,23)/t12-/m0/s1. The first kappa shape index (κ1) is 15.7. The van der Waals surface area contributed by atoms with Gasteiger partial charge in [-0.2, -0.15) is 5.10 Å². The van der Waals surface area contributed by atoms with Crippen LogP contribution in [-0.4, -0.2) is 32.5 Å². The Kier molecular flexibility index (Phi) is 4.51. The number of furan rings is 1. The third-order valence-electron chi connectivity index (χ3n) is 3.37. The van der Waals surface area contributed by atoms with Gasteiger partial charge in [-0.05, 0) is 37.3 Å². The van der Waals surface area contributed by atoms with Crippen LogP contribution < -0.4 is 5.32 Å². The van der Waals surface area contributed by atoms with Crippen LogP contribution in [0.2, 0.25) is 0 Å². The Labute approximate surface area is 138 Å². The summed E-state index contributed by atoms with van der Waals surface area (Å²) in [6, 6.07) is 9.80. The topological polar surface area (TPSA) is 90.0 Å². The average molecular weight is 324 g/mol. The van der Waals surface area contributed by atoms with Crippen molar-refractivity contribution >= 4 is 11.7 Å². The van der Waals surface area contributed by atoms with E-state index in [2.05, 4.69) is 15.4 Å². The Bertz CT molecular complexity index is 825. The molecule has 0 aliphatic rings. The van der Waals surface area contributed by atoms with Crippen LogP contribution in [0.5, 0.6) is 0 Å². The molecule has 1 amide bonds. The smallest absolute Gasteiger partial charge is 0.270 e. The fourth-order valence-corrected chi connectivity index (χ4v) is 2.25. The van der Waals surface area contributed by atoms with Crippen LogP contribution in [0.4, 0.5) is 0 Å². The van der Waals surface area contributed by atoms with E-state index in [1.165, 1.54) is 6.26 Å². The van der Waals surface area contributed by atoms with Crippen molar-refractivity contribution < 1.29 is 14.0 Å². The van der Waals surface area contributed by atoms with Gasteiger partial charge in [-0.1, -0.05) is 6.07 Å². The molecule has 7 heteroatoms. The van der Waals surface area contributed by atoms with Crippen molar-refractivity contribution in [1.82, 2.24) is 20.1 Å². The largest absolute Gasteiger partial charge is 0.461 e. The Morgan fingerprint density at radius 2 is 2.12 bits per heavy atom. The predicted molar refractivity (Wildman–Crippen MR) is 85.9 cm³/mol. The van der Waals surface area contributed by atoms with Gasteiger partial charge in [0.15, 0.2) is 17.4 Å². The molecule has 24 heavy (non-hydrogen) atoms. The van der Waals surface area contributed by atoms with Crippen molar-refractivity contribution in [3.63, 3.8) is 0 Å². The summed E-state index contributed by atoms with van der Waals surface area (Å²) in [5, 5.41) is 6.85. The zero-order chi connectivity index (χ0) is 16.9. The molecule has 0 unspecified atom stereocenters. The highest BCUT2D eigenvalue weighted by atomic mass is 16.3. The third-order valence-corrected chi connectivity index (χ3v) is 3.37. The molecule has 0 aliphatic carbocycles. The van der Waals surface area contributed by atoms with Crippen LogP contribution in [0, 0.1) is 0 Å². The molecule has 0 aliphatic heterocycles. The number of ketones is 1. The molecular weight excluding hydrogens is 308 g/mol. The lowest BCUT2D eigenvalue weighted by Gasteiger charge is -2.12. The van der Waals surface area contributed by atoms with Crippen LogP contribution in [-0.2, 0) is 0 Å². The molecule has 122 valence electrons. The molecule has 0 aromatic carbocycles. The van der Waals surface area contributed by atoms with Gasteiger partial charge >= 0.3 is 0 Å². The second kappa shape index (κ2) is 6.91. The molecule has 0 saturated carbocycles. The Hall–Kier alpha value is -3.22. The Balaban J connectivity index is 1.64. The van der Waals surface area contributed by atoms with Crippen molar-refractivity contribution in [3.8, 4) is 5.82 Å². The minimum atomic E-state index is -0.344. The molecule has 3 aromatic heterocycles. The average Bonchev–Trinajstić information content (AvgIpc) is 3.28. The lowest BCUT2D eigenvalue weighted by atomic mass is 10.1. The number of aromatic nitrogens is 3.